The van der Waals surface area contributed by atoms with E-state index < -0.39 is 0 Å². The van der Waals surface area contributed by atoms with Crippen molar-refractivity contribution in [2.45, 2.75) is 33.6 Å². The third-order valence-corrected chi connectivity index (χ3v) is 3.90. The van der Waals surface area contributed by atoms with Crippen LogP contribution in [0.15, 0.2) is 4.42 Å². The first kappa shape index (κ1) is 8.94. The summed E-state index contributed by atoms with van der Waals surface area (Å²) in [5.41, 5.74) is 0.515. The van der Waals surface area contributed by atoms with Crippen LogP contribution in [-0.2, 0) is 0 Å². The lowest BCUT2D eigenvalue weighted by molar-refractivity contribution is 0.457. The smallest absolute Gasteiger partial charge is 0.284 e. The minimum Gasteiger partial charge on any atom is -0.414 e. The van der Waals surface area contributed by atoms with E-state index in [4.69, 9.17) is 16.6 Å². The van der Waals surface area contributed by atoms with Crippen LogP contribution in [0.1, 0.15) is 39.5 Å². The van der Waals surface area contributed by atoms with Crippen molar-refractivity contribution < 1.29 is 4.42 Å². The average molecular weight is 198 g/mol. The number of aromatic nitrogens is 2. The molecule has 0 unspecified atom stereocenters. The maximum absolute atomic E-state index is 5.33. The van der Waals surface area contributed by atoms with Gasteiger partial charge in [0.25, 0.3) is 4.84 Å². The maximum Gasteiger partial charge on any atom is 0.284 e. The Bertz CT molecular complexity index is 374. The van der Waals surface area contributed by atoms with E-state index in [0.29, 0.717) is 10.8 Å². The Morgan fingerprint density at radius 3 is 2.15 bits per heavy atom. The summed E-state index contributed by atoms with van der Waals surface area (Å²) >= 11 is 4.85. The first-order valence-electron chi connectivity index (χ1n) is 4.43. The quantitative estimate of drug-likeness (QED) is 0.705. The summed E-state index contributed by atoms with van der Waals surface area (Å²) in [7, 11) is 0. The summed E-state index contributed by atoms with van der Waals surface area (Å²) < 4.78 is 5.33. The van der Waals surface area contributed by atoms with Crippen LogP contribution in [0.3, 0.4) is 0 Å². The van der Waals surface area contributed by atoms with Gasteiger partial charge in [0.2, 0.25) is 5.89 Å². The fourth-order valence-electron chi connectivity index (χ4n) is 2.18. The van der Waals surface area contributed by atoms with Crippen molar-refractivity contribution in [1.29, 1.82) is 0 Å². The number of hydrogen-bond donors (Lipinski definition) is 1. The molecule has 1 aromatic heterocycles. The van der Waals surface area contributed by atoms with Crippen molar-refractivity contribution in [3.8, 4) is 0 Å². The van der Waals surface area contributed by atoms with Gasteiger partial charge in [-0.3, -0.25) is 0 Å². The van der Waals surface area contributed by atoms with Crippen molar-refractivity contribution in [3.05, 3.63) is 10.7 Å². The molecule has 1 saturated carbocycles. The molecule has 0 aromatic carbocycles. The van der Waals surface area contributed by atoms with Gasteiger partial charge in [-0.25, -0.2) is 5.10 Å². The third-order valence-electron chi connectivity index (χ3n) is 3.72. The molecule has 0 atom stereocenters. The summed E-state index contributed by atoms with van der Waals surface area (Å²) in [6.07, 6.45) is 0. The first-order chi connectivity index (χ1) is 5.87. The van der Waals surface area contributed by atoms with Gasteiger partial charge in [0.05, 0.1) is 0 Å². The van der Waals surface area contributed by atoms with Crippen LogP contribution < -0.4 is 0 Å². The number of aromatic amines is 1. The molecule has 1 aromatic rings. The van der Waals surface area contributed by atoms with Gasteiger partial charge in [0, 0.05) is 5.92 Å². The Balaban J connectivity index is 2.37. The minimum atomic E-state index is 0.257. The van der Waals surface area contributed by atoms with E-state index in [0.717, 1.165) is 5.89 Å². The number of H-pyrrole nitrogens is 1. The molecule has 1 fully saturated rings. The second-order valence-corrected chi connectivity index (χ2v) is 5.20. The largest absolute Gasteiger partial charge is 0.414 e. The van der Waals surface area contributed by atoms with Gasteiger partial charge in [-0.1, -0.05) is 27.7 Å². The van der Waals surface area contributed by atoms with E-state index >= 15 is 0 Å². The van der Waals surface area contributed by atoms with Crippen LogP contribution in [0, 0.1) is 15.7 Å². The molecule has 0 bridgehead atoms. The molecule has 1 heterocycles. The molecule has 0 radical (unpaired) electrons. The Labute approximate surface area is 82.5 Å². The van der Waals surface area contributed by atoms with Gasteiger partial charge in [0.15, 0.2) is 0 Å². The lowest BCUT2D eigenvalue weighted by atomic mass is 10.0. The van der Waals surface area contributed by atoms with Crippen LogP contribution in [0.4, 0.5) is 0 Å². The van der Waals surface area contributed by atoms with Crippen molar-refractivity contribution in [3.63, 3.8) is 0 Å². The molecular weight excluding hydrogens is 184 g/mol. The Kier molecular flexibility index (Phi) is 1.54. The van der Waals surface area contributed by atoms with Crippen LogP contribution in [0.5, 0.6) is 0 Å². The van der Waals surface area contributed by atoms with Gasteiger partial charge >= 0.3 is 0 Å². The minimum absolute atomic E-state index is 0.257. The zero-order valence-corrected chi connectivity index (χ0v) is 9.16. The lowest BCUT2D eigenvalue weighted by Gasteiger charge is -2.03. The maximum atomic E-state index is 5.33. The SMILES string of the molecule is CC1(C)C(c2n[nH]c(=S)o2)C1(C)C. The fourth-order valence-corrected chi connectivity index (χ4v) is 2.31. The van der Waals surface area contributed by atoms with Crippen LogP contribution in [-0.4, -0.2) is 10.2 Å². The molecule has 13 heavy (non-hydrogen) atoms. The summed E-state index contributed by atoms with van der Waals surface area (Å²) in [4.78, 5) is 0.369. The van der Waals surface area contributed by atoms with Crippen LogP contribution >= 0.6 is 12.2 Å². The highest BCUT2D eigenvalue weighted by molar-refractivity contribution is 7.71. The zero-order chi connectivity index (χ0) is 9.85. The molecule has 72 valence electrons. The molecule has 0 amide bonds. The van der Waals surface area contributed by atoms with Gasteiger partial charge in [-0.05, 0) is 23.0 Å². The second-order valence-electron chi connectivity index (χ2n) is 4.83. The molecule has 1 aliphatic carbocycles. The highest BCUT2D eigenvalue weighted by atomic mass is 32.1. The molecule has 1 aliphatic rings. The van der Waals surface area contributed by atoms with E-state index in [2.05, 4.69) is 37.9 Å². The highest BCUT2D eigenvalue weighted by Crippen LogP contribution is 2.73. The topological polar surface area (TPSA) is 41.8 Å². The lowest BCUT2D eigenvalue weighted by Crippen LogP contribution is -1.95. The van der Waals surface area contributed by atoms with Crippen LogP contribution in [0.25, 0.3) is 0 Å². The summed E-state index contributed by atoms with van der Waals surface area (Å²) in [6, 6.07) is 0. The number of rotatable bonds is 1. The third kappa shape index (κ3) is 1.01. The standard InChI is InChI=1S/C9H14N2OS/c1-8(2)5(9(8,3)4)6-10-11-7(13)12-6/h5H,1-4H3,(H,11,13). The number of hydrogen-bond acceptors (Lipinski definition) is 3. The van der Waals surface area contributed by atoms with Gasteiger partial charge < -0.3 is 4.42 Å². The van der Waals surface area contributed by atoms with Crippen molar-refractivity contribution >= 4 is 12.2 Å². The monoisotopic (exact) mass is 198 g/mol. The van der Waals surface area contributed by atoms with E-state index in [1.165, 1.54) is 0 Å². The van der Waals surface area contributed by atoms with Crippen LogP contribution in [0.2, 0.25) is 0 Å². The van der Waals surface area contributed by atoms with Crippen molar-refractivity contribution in [2.24, 2.45) is 10.8 Å². The van der Waals surface area contributed by atoms with E-state index in [-0.39, 0.29) is 10.8 Å². The second kappa shape index (κ2) is 2.23. The molecule has 2 rings (SSSR count). The summed E-state index contributed by atoms with van der Waals surface area (Å²) in [5, 5.41) is 6.74. The van der Waals surface area contributed by atoms with Gasteiger partial charge in [-0.15, -0.1) is 5.10 Å². The molecule has 0 aliphatic heterocycles. The summed E-state index contributed by atoms with van der Waals surface area (Å²) in [6.45, 7) is 8.91. The van der Waals surface area contributed by atoms with E-state index in [9.17, 15) is 0 Å². The number of nitrogens with one attached hydrogen (secondary N) is 1. The predicted octanol–water partition coefficient (Wildman–Crippen LogP) is 2.88. The summed E-state index contributed by atoms with van der Waals surface area (Å²) in [5.74, 6) is 1.13. The Hall–Kier alpha value is -0.640. The Morgan fingerprint density at radius 2 is 1.85 bits per heavy atom. The van der Waals surface area contributed by atoms with E-state index in [1.807, 2.05) is 0 Å². The number of nitrogens with zero attached hydrogens (tertiary/aromatic N) is 1. The first-order valence-corrected chi connectivity index (χ1v) is 4.83. The van der Waals surface area contributed by atoms with Crippen molar-refractivity contribution in [1.82, 2.24) is 10.2 Å². The van der Waals surface area contributed by atoms with Gasteiger partial charge in [-0.2, -0.15) is 0 Å². The fraction of sp³-hybridized carbons (Fsp3) is 0.778. The van der Waals surface area contributed by atoms with E-state index in [1.54, 1.807) is 0 Å². The van der Waals surface area contributed by atoms with Gasteiger partial charge in [0.1, 0.15) is 0 Å². The molecule has 3 nitrogen and oxygen atoms in total. The molecule has 0 saturated heterocycles. The zero-order valence-electron chi connectivity index (χ0n) is 8.34. The predicted molar refractivity (Wildman–Crippen MR) is 52.0 cm³/mol. The molecule has 4 heteroatoms. The molecule has 1 N–H and O–H groups in total. The molecular formula is C9H14N2OS. The van der Waals surface area contributed by atoms with Crippen molar-refractivity contribution in [2.75, 3.05) is 0 Å². The molecule has 0 spiro atoms. The Morgan fingerprint density at radius 1 is 1.31 bits per heavy atom. The average Bonchev–Trinajstić information content (AvgIpc) is 2.32. The normalized spacial score (nSPS) is 24.6. The highest BCUT2D eigenvalue weighted by Gasteiger charge is 2.67.